The van der Waals surface area contributed by atoms with Crippen molar-refractivity contribution in [3.8, 4) is 0 Å². The number of ether oxygens (including phenoxy) is 1. The molecule has 3 rings (SSSR count). The molecule has 0 unspecified atom stereocenters. The van der Waals surface area contributed by atoms with Crippen molar-refractivity contribution in [2.24, 2.45) is 0 Å². The average molecular weight is 401 g/mol. The highest BCUT2D eigenvalue weighted by molar-refractivity contribution is 5.95. The third kappa shape index (κ3) is 4.81. The van der Waals surface area contributed by atoms with Crippen molar-refractivity contribution in [1.82, 2.24) is 9.78 Å². The van der Waals surface area contributed by atoms with Crippen LogP contribution in [0.2, 0.25) is 0 Å². The van der Waals surface area contributed by atoms with Crippen LogP contribution in [0.5, 0.6) is 0 Å². The Morgan fingerprint density at radius 1 is 1.21 bits per heavy atom. The molecule has 1 atom stereocenters. The number of rotatable bonds is 6. The molecule has 0 aliphatic heterocycles. The summed E-state index contributed by atoms with van der Waals surface area (Å²) in [6.45, 7) is 1.45. The van der Waals surface area contributed by atoms with E-state index in [-0.39, 0.29) is 24.1 Å². The van der Waals surface area contributed by atoms with Gasteiger partial charge in [0.2, 0.25) is 5.43 Å². The van der Waals surface area contributed by atoms with Gasteiger partial charge in [0.05, 0.1) is 30.4 Å². The lowest BCUT2D eigenvalue weighted by Crippen LogP contribution is -2.30. The van der Waals surface area contributed by atoms with E-state index in [1.807, 2.05) is 0 Å². The number of nitrogens with one attached hydrogen (secondary N) is 1. The van der Waals surface area contributed by atoms with Gasteiger partial charge in [-0.1, -0.05) is 12.1 Å². The van der Waals surface area contributed by atoms with E-state index in [0.717, 1.165) is 24.4 Å². The number of carbonyl (C=O) groups excluding carboxylic acids is 2. The molecule has 150 valence electrons. The molecule has 7 nitrogen and oxygen atoms in total. The van der Waals surface area contributed by atoms with Crippen LogP contribution in [0.3, 0.4) is 0 Å². The SMILES string of the molecule is C[C@H](OC(=O)CCn1ncc(=O)c2ccccc21)C(=O)Nc1cc(F)ccc1F. The van der Waals surface area contributed by atoms with Crippen LogP contribution in [0, 0.1) is 11.6 Å². The Bertz CT molecular complexity index is 1130. The number of para-hydroxylation sites is 1. The molecule has 0 aliphatic carbocycles. The minimum atomic E-state index is -1.22. The summed E-state index contributed by atoms with van der Waals surface area (Å²) in [5.41, 5.74) is -0.00343. The molecular weight excluding hydrogens is 384 g/mol. The standard InChI is InChI=1S/C20H17F2N3O4/c1-12(20(28)24-16-10-13(21)6-7-15(16)22)29-19(27)8-9-25-17-5-3-2-4-14(17)18(26)11-23-25/h2-7,10-12H,8-9H2,1H3,(H,24,28)/t12-/m0/s1. The molecule has 0 bridgehead atoms. The molecule has 0 radical (unpaired) electrons. The van der Waals surface area contributed by atoms with Crippen molar-refractivity contribution in [2.75, 3.05) is 5.32 Å². The van der Waals surface area contributed by atoms with E-state index in [4.69, 9.17) is 4.74 Å². The Morgan fingerprint density at radius 3 is 2.76 bits per heavy atom. The minimum Gasteiger partial charge on any atom is -0.452 e. The maximum absolute atomic E-state index is 13.6. The quantitative estimate of drug-likeness (QED) is 0.642. The normalized spacial score (nSPS) is 11.8. The van der Waals surface area contributed by atoms with Gasteiger partial charge in [-0.15, -0.1) is 0 Å². The minimum absolute atomic E-state index is 0.105. The predicted molar refractivity (Wildman–Crippen MR) is 101 cm³/mol. The van der Waals surface area contributed by atoms with Crippen LogP contribution in [0.4, 0.5) is 14.5 Å². The fourth-order valence-corrected chi connectivity index (χ4v) is 2.67. The molecule has 1 heterocycles. The summed E-state index contributed by atoms with van der Waals surface area (Å²) in [4.78, 5) is 36.0. The van der Waals surface area contributed by atoms with Crippen LogP contribution in [0.1, 0.15) is 13.3 Å². The van der Waals surface area contributed by atoms with Crippen molar-refractivity contribution in [2.45, 2.75) is 26.0 Å². The predicted octanol–water partition coefficient (Wildman–Crippen LogP) is 2.64. The van der Waals surface area contributed by atoms with Crippen LogP contribution < -0.4 is 10.7 Å². The number of hydrogen-bond acceptors (Lipinski definition) is 5. The van der Waals surface area contributed by atoms with Gasteiger partial charge in [-0.2, -0.15) is 5.10 Å². The van der Waals surface area contributed by atoms with Crippen molar-refractivity contribution in [3.63, 3.8) is 0 Å². The highest BCUT2D eigenvalue weighted by Gasteiger charge is 2.19. The zero-order valence-electron chi connectivity index (χ0n) is 15.4. The van der Waals surface area contributed by atoms with Crippen molar-refractivity contribution in [3.05, 3.63) is 70.5 Å². The summed E-state index contributed by atoms with van der Waals surface area (Å²) in [5, 5.41) is 6.66. The second-order valence-corrected chi connectivity index (χ2v) is 6.24. The number of esters is 1. The summed E-state index contributed by atoms with van der Waals surface area (Å²) in [7, 11) is 0. The molecular formula is C20H17F2N3O4. The van der Waals surface area contributed by atoms with Gasteiger partial charge in [-0.3, -0.25) is 19.1 Å². The smallest absolute Gasteiger partial charge is 0.308 e. The third-order valence-electron chi connectivity index (χ3n) is 4.15. The van der Waals surface area contributed by atoms with Crippen molar-refractivity contribution >= 4 is 28.5 Å². The zero-order valence-corrected chi connectivity index (χ0v) is 15.4. The van der Waals surface area contributed by atoms with E-state index in [1.165, 1.54) is 11.6 Å². The van der Waals surface area contributed by atoms with E-state index < -0.39 is 29.6 Å². The molecule has 0 fully saturated rings. The number of anilines is 1. The van der Waals surface area contributed by atoms with E-state index in [1.54, 1.807) is 24.3 Å². The van der Waals surface area contributed by atoms with Gasteiger partial charge in [0.15, 0.2) is 6.10 Å². The Hall–Kier alpha value is -3.62. The molecule has 3 aromatic rings. The Morgan fingerprint density at radius 2 is 1.97 bits per heavy atom. The molecule has 2 aromatic carbocycles. The number of carbonyl (C=O) groups is 2. The third-order valence-corrected chi connectivity index (χ3v) is 4.15. The first-order valence-electron chi connectivity index (χ1n) is 8.75. The van der Waals surface area contributed by atoms with Gasteiger partial charge in [0.1, 0.15) is 11.6 Å². The van der Waals surface area contributed by atoms with Gasteiger partial charge in [0, 0.05) is 11.5 Å². The van der Waals surface area contributed by atoms with E-state index in [9.17, 15) is 23.2 Å². The molecule has 9 heteroatoms. The number of fused-ring (bicyclic) bond motifs is 1. The maximum Gasteiger partial charge on any atom is 0.308 e. The van der Waals surface area contributed by atoms with Crippen LogP contribution in [-0.4, -0.2) is 27.8 Å². The molecule has 0 saturated carbocycles. The van der Waals surface area contributed by atoms with E-state index in [2.05, 4.69) is 10.4 Å². The summed E-state index contributed by atoms with van der Waals surface area (Å²) >= 11 is 0. The number of aromatic nitrogens is 2. The van der Waals surface area contributed by atoms with Gasteiger partial charge in [-0.25, -0.2) is 8.78 Å². The molecule has 1 aromatic heterocycles. The first-order chi connectivity index (χ1) is 13.8. The maximum atomic E-state index is 13.6. The molecule has 1 N–H and O–H groups in total. The number of hydrogen-bond donors (Lipinski definition) is 1. The van der Waals surface area contributed by atoms with Crippen LogP contribution in [-0.2, 0) is 20.9 Å². The van der Waals surface area contributed by atoms with E-state index in [0.29, 0.717) is 10.9 Å². The number of halogens is 2. The summed E-state index contributed by atoms with van der Waals surface area (Å²) in [5.74, 6) is -3.01. The number of benzene rings is 2. The number of aryl methyl sites for hydroxylation is 1. The van der Waals surface area contributed by atoms with Gasteiger partial charge >= 0.3 is 5.97 Å². The molecule has 0 saturated heterocycles. The average Bonchev–Trinajstić information content (AvgIpc) is 2.70. The Kier molecular flexibility index (Phi) is 5.96. The topological polar surface area (TPSA) is 90.3 Å². The van der Waals surface area contributed by atoms with Crippen LogP contribution in [0.15, 0.2) is 53.5 Å². The number of amides is 1. The van der Waals surface area contributed by atoms with Gasteiger partial charge in [-0.05, 0) is 31.2 Å². The summed E-state index contributed by atoms with van der Waals surface area (Å²) in [6, 6.07) is 9.46. The van der Waals surface area contributed by atoms with Crippen LogP contribution in [0.25, 0.3) is 10.9 Å². The molecule has 0 spiro atoms. The second kappa shape index (κ2) is 8.59. The monoisotopic (exact) mass is 401 g/mol. The lowest BCUT2D eigenvalue weighted by atomic mass is 10.2. The highest BCUT2D eigenvalue weighted by atomic mass is 19.1. The molecule has 0 aliphatic rings. The lowest BCUT2D eigenvalue weighted by molar-refractivity contribution is -0.153. The highest BCUT2D eigenvalue weighted by Crippen LogP contribution is 2.16. The summed E-state index contributed by atoms with van der Waals surface area (Å²) < 4.78 is 33.3. The van der Waals surface area contributed by atoms with Crippen LogP contribution >= 0.6 is 0 Å². The molecule has 29 heavy (non-hydrogen) atoms. The second-order valence-electron chi connectivity index (χ2n) is 6.24. The summed E-state index contributed by atoms with van der Waals surface area (Å²) in [6.07, 6.45) is -0.160. The number of nitrogens with zero attached hydrogens (tertiary/aromatic N) is 2. The van der Waals surface area contributed by atoms with Crippen molar-refractivity contribution in [1.29, 1.82) is 0 Å². The van der Waals surface area contributed by atoms with Gasteiger partial charge < -0.3 is 10.1 Å². The fraction of sp³-hybridized carbons (Fsp3) is 0.200. The first-order valence-corrected chi connectivity index (χ1v) is 8.75. The zero-order chi connectivity index (χ0) is 21.0. The Labute approximate surface area is 163 Å². The fourth-order valence-electron chi connectivity index (χ4n) is 2.67. The Balaban J connectivity index is 1.59. The van der Waals surface area contributed by atoms with Gasteiger partial charge in [0.25, 0.3) is 5.91 Å². The lowest BCUT2D eigenvalue weighted by Gasteiger charge is -2.14. The molecule has 1 amide bonds. The largest absolute Gasteiger partial charge is 0.452 e. The first kappa shape index (κ1) is 20.1. The van der Waals surface area contributed by atoms with E-state index >= 15 is 0 Å². The van der Waals surface area contributed by atoms with Crippen molar-refractivity contribution < 1.29 is 23.1 Å².